The van der Waals surface area contributed by atoms with Crippen LogP contribution in [0.4, 0.5) is 0 Å². The summed E-state index contributed by atoms with van der Waals surface area (Å²) in [5.41, 5.74) is 2.03. The Morgan fingerprint density at radius 3 is 2.00 bits per heavy atom. The van der Waals surface area contributed by atoms with Gasteiger partial charge in [-0.15, -0.1) is 0 Å². The minimum Gasteiger partial charge on any atom is -0.423 e. The topological polar surface area (TPSA) is 30.2 Å². The number of para-hydroxylation sites is 1. The lowest BCUT2D eigenvalue weighted by atomic mass is 9.87. The van der Waals surface area contributed by atoms with E-state index >= 15 is 0 Å². The van der Waals surface area contributed by atoms with Gasteiger partial charge in [-0.05, 0) is 23.1 Å². The Bertz CT molecular complexity index is 749. The van der Waals surface area contributed by atoms with Crippen LogP contribution in [0, 0.1) is 0 Å². The van der Waals surface area contributed by atoms with Gasteiger partial charge in [0.15, 0.2) is 0 Å². The standard InChI is InChI=1S/C10H14.C9H6O2/c1-10(2,3)9-7-5-4-6-8-9;10-9-6-5-7-3-1-2-4-8(7)11-9/h4-8H,1-3H3;1-6H. The molecule has 0 radical (unpaired) electrons. The van der Waals surface area contributed by atoms with E-state index in [1.165, 1.54) is 11.6 Å². The van der Waals surface area contributed by atoms with E-state index in [0.717, 1.165) is 5.39 Å². The summed E-state index contributed by atoms with van der Waals surface area (Å²) in [7, 11) is 0. The lowest BCUT2D eigenvalue weighted by Crippen LogP contribution is -2.10. The SMILES string of the molecule is CC(C)(C)c1ccccc1.O=c1ccc2ccccc2o1. The monoisotopic (exact) mass is 280 g/mol. The number of benzene rings is 2. The molecule has 1 heterocycles. The Morgan fingerprint density at radius 2 is 1.38 bits per heavy atom. The Morgan fingerprint density at radius 1 is 0.762 bits per heavy atom. The van der Waals surface area contributed by atoms with Crippen molar-refractivity contribution < 1.29 is 4.42 Å². The Kier molecular flexibility index (Phi) is 4.59. The summed E-state index contributed by atoms with van der Waals surface area (Å²) in [6.45, 7) is 6.67. The molecule has 21 heavy (non-hydrogen) atoms. The molecule has 3 aromatic rings. The molecule has 0 fully saturated rings. The van der Waals surface area contributed by atoms with E-state index in [4.69, 9.17) is 4.42 Å². The lowest BCUT2D eigenvalue weighted by molar-refractivity contribution is 0.561. The van der Waals surface area contributed by atoms with Gasteiger partial charge in [-0.25, -0.2) is 4.79 Å². The molecule has 0 aliphatic heterocycles. The van der Waals surface area contributed by atoms with Gasteiger partial charge >= 0.3 is 5.63 Å². The summed E-state index contributed by atoms with van der Waals surface area (Å²) in [5.74, 6) is 0. The molecule has 0 spiro atoms. The molecule has 2 nitrogen and oxygen atoms in total. The van der Waals surface area contributed by atoms with Gasteiger partial charge in [-0.2, -0.15) is 0 Å². The smallest absolute Gasteiger partial charge is 0.336 e. The molecule has 0 saturated heterocycles. The molecular weight excluding hydrogens is 260 g/mol. The second-order valence-electron chi connectivity index (χ2n) is 5.91. The predicted octanol–water partition coefficient (Wildman–Crippen LogP) is 4.78. The van der Waals surface area contributed by atoms with Crippen LogP contribution in [0.2, 0.25) is 0 Å². The van der Waals surface area contributed by atoms with E-state index in [1.54, 1.807) is 12.1 Å². The summed E-state index contributed by atoms with van der Waals surface area (Å²) in [5, 5.41) is 0.951. The summed E-state index contributed by atoms with van der Waals surface area (Å²) in [6, 6.07) is 21.1. The van der Waals surface area contributed by atoms with Gasteiger partial charge < -0.3 is 4.42 Å². The molecule has 0 saturated carbocycles. The van der Waals surface area contributed by atoms with Gasteiger partial charge in [0.05, 0.1) is 0 Å². The predicted molar refractivity (Wildman–Crippen MR) is 87.6 cm³/mol. The third-order valence-electron chi connectivity index (χ3n) is 3.17. The van der Waals surface area contributed by atoms with Gasteiger partial charge in [-0.3, -0.25) is 0 Å². The minimum absolute atomic E-state index is 0.293. The zero-order valence-electron chi connectivity index (χ0n) is 12.7. The highest BCUT2D eigenvalue weighted by molar-refractivity contribution is 5.75. The maximum absolute atomic E-state index is 10.7. The zero-order valence-corrected chi connectivity index (χ0v) is 12.7. The lowest BCUT2D eigenvalue weighted by Gasteiger charge is -2.18. The van der Waals surface area contributed by atoms with E-state index < -0.39 is 0 Å². The number of hydrogen-bond acceptors (Lipinski definition) is 2. The summed E-state index contributed by atoms with van der Waals surface area (Å²) in [4.78, 5) is 10.7. The molecule has 0 unspecified atom stereocenters. The fraction of sp³-hybridized carbons (Fsp3) is 0.211. The van der Waals surface area contributed by atoms with Crippen molar-refractivity contribution in [1.82, 2.24) is 0 Å². The van der Waals surface area contributed by atoms with Crippen molar-refractivity contribution in [2.45, 2.75) is 26.2 Å². The summed E-state index contributed by atoms with van der Waals surface area (Å²) < 4.78 is 4.91. The molecule has 0 aliphatic carbocycles. The second-order valence-corrected chi connectivity index (χ2v) is 5.91. The molecule has 108 valence electrons. The highest BCUT2D eigenvalue weighted by Gasteiger charge is 2.11. The minimum atomic E-state index is -0.302. The molecule has 0 aliphatic rings. The number of fused-ring (bicyclic) bond motifs is 1. The van der Waals surface area contributed by atoms with Gasteiger partial charge in [0.25, 0.3) is 0 Å². The van der Waals surface area contributed by atoms with Crippen molar-refractivity contribution in [3.63, 3.8) is 0 Å². The third-order valence-corrected chi connectivity index (χ3v) is 3.17. The van der Waals surface area contributed by atoms with E-state index in [9.17, 15) is 4.79 Å². The van der Waals surface area contributed by atoms with Crippen LogP contribution < -0.4 is 5.63 Å². The van der Waals surface area contributed by atoms with Crippen LogP contribution in [0.25, 0.3) is 11.0 Å². The van der Waals surface area contributed by atoms with Crippen molar-refractivity contribution in [2.24, 2.45) is 0 Å². The molecule has 1 aromatic heterocycles. The molecule has 0 atom stereocenters. The third kappa shape index (κ3) is 4.32. The van der Waals surface area contributed by atoms with Crippen molar-refractivity contribution in [3.05, 3.63) is 82.7 Å². The summed E-state index contributed by atoms with van der Waals surface area (Å²) in [6.07, 6.45) is 0. The molecule has 0 bridgehead atoms. The zero-order chi connectivity index (χ0) is 15.3. The van der Waals surface area contributed by atoms with Crippen LogP contribution in [-0.4, -0.2) is 0 Å². The molecule has 2 aromatic carbocycles. The van der Waals surface area contributed by atoms with Crippen LogP contribution >= 0.6 is 0 Å². The highest BCUT2D eigenvalue weighted by atomic mass is 16.4. The Hall–Kier alpha value is -2.35. The van der Waals surface area contributed by atoms with Crippen LogP contribution in [0.3, 0.4) is 0 Å². The Balaban J connectivity index is 0.000000155. The quantitative estimate of drug-likeness (QED) is 0.555. The fourth-order valence-corrected chi connectivity index (χ4v) is 1.95. The normalized spacial score (nSPS) is 10.8. The maximum Gasteiger partial charge on any atom is 0.336 e. The molecule has 0 amide bonds. The molecule has 0 N–H and O–H groups in total. The largest absolute Gasteiger partial charge is 0.423 e. The van der Waals surface area contributed by atoms with Crippen LogP contribution in [0.15, 0.2) is 75.9 Å². The van der Waals surface area contributed by atoms with Crippen molar-refractivity contribution in [1.29, 1.82) is 0 Å². The molecule has 2 heteroatoms. The first-order valence-electron chi connectivity index (χ1n) is 7.01. The van der Waals surface area contributed by atoms with Gasteiger partial charge in [-0.1, -0.05) is 69.3 Å². The van der Waals surface area contributed by atoms with Crippen LogP contribution in [0.1, 0.15) is 26.3 Å². The van der Waals surface area contributed by atoms with Crippen molar-refractivity contribution >= 4 is 11.0 Å². The van der Waals surface area contributed by atoms with Gasteiger partial charge in [0.2, 0.25) is 0 Å². The van der Waals surface area contributed by atoms with E-state index in [1.807, 2.05) is 18.2 Å². The first kappa shape index (κ1) is 15.0. The number of hydrogen-bond donors (Lipinski definition) is 0. The Labute approximate surface area is 125 Å². The van der Waals surface area contributed by atoms with Crippen molar-refractivity contribution in [2.75, 3.05) is 0 Å². The highest BCUT2D eigenvalue weighted by Crippen LogP contribution is 2.20. The van der Waals surface area contributed by atoms with Crippen molar-refractivity contribution in [3.8, 4) is 0 Å². The van der Waals surface area contributed by atoms with Crippen LogP contribution in [-0.2, 0) is 5.41 Å². The van der Waals surface area contributed by atoms with E-state index in [2.05, 4.69) is 51.1 Å². The van der Waals surface area contributed by atoms with Crippen LogP contribution in [0.5, 0.6) is 0 Å². The summed E-state index contributed by atoms with van der Waals surface area (Å²) >= 11 is 0. The average molecular weight is 280 g/mol. The fourth-order valence-electron chi connectivity index (χ4n) is 1.95. The second kappa shape index (κ2) is 6.40. The molecule has 3 rings (SSSR count). The molecular formula is C19H20O2. The average Bonchev–Trinajstić information content (AvgIpc) is 2.48. The van der Waals surface area contributed by atoms with E-state index in [0.29, 0.717) is 11.0 Å². The van der Waals surface area contributed by atoms with E-state index in [-0.39, 0.29) is 5.63 Å². The first-order valence-corrected chi connectivity index (χ1v) is 7.01. The van der Waals surface area contributed by atoms with Gasteiger partial charge in [0.1, 0.15) is 5.58 Å². The maximum atomic E-state index is 10.7. The number of rotatable bonds is 0. The van der Waals surface area contributed by atoms with Gasteiger partial charge in [0, 0.05) is 11.5 Å². The first-order chi connectivity index (χ1) is 9.97.